The first-order valence-corrected chi connectivity index (χ1v) is 6.32. The molecule has 4 nitrogen and oxygen atoms in total. The summed E-state index contributed by atoms with van der Waals surface area (Å²) in [6, 6.07) is 14.2. The van der Waals surface area contributed by atoms with Gasteiger partial charge in [-0.1, -0.05) is 38.1 Å². The Morgan fingerprint density at radius 1 is 0.850 bits per heavy atom. The normalized spacial score (nSPS) is 11.7. The fraction of sp³-hybridized carbons (Fsp3) is 0.250. The van der Waals surface area contributed by atoms with Crippen LogP contribution in [0.5, 0.6) is 11.5 Å². The Morgan fingerprint density at radius 3 is 1.75 bits per heavy atom. The number of benzene rings is 2. The third kappa shape index (κ3) is 3.10. The van der Waals surface area contributed by atoms with Crippen molar-refractivity contribution in [3.05, 3.63) is 59.7 Å². The Bertz CT molecular complexity index is 556. The van der Waals surface area contributed by atoms with Crippen molar-refractivity contribution in [3.63, 3.8) is 0 Å². The maximum atomic E-state index is 9.35. The minimum atomic E-state index is -1.81. The molecule has 0 heterocycles. The lowest BCUT2D eigenvalue weighted by Crippen LogP contribution is -2.19. The van der Waals surface area contributed by atoms with E-state index in [0.29, 0.717) is 5.75 Å². The van der Waals surface area contributed by atoms with E-state index >= 15 is 0 Å². The number of aromatic hydroxyl groups is 1. The van der Waals surface area contributed by atoms with E-state index in [-0.39, 0.29) is 11.2 Å². The van der Waals surface area contributed by atoms with Gasteiger partial charge in [0.15, 0.2) is 0 Å². The lowest BCUT2D eigenvalue weighted by Gasteiger charge is -2.26. The van der Waals surface area contributed by atoms with Gasteiger partial charge in [-0.3, -0.25) is 0 Å². The average Bonchev–Trinajstić information content (AvgIpc) is 2.39. The molecule has 0 saturated heterocycles. The summed E-state index contributed by atoms with van der Waals surface area (Å²) in [5.74, 6) is 0.635. The molecule has 0 saturated carbocycles. The number of ether oxygens (including phenoxy) is 1. The number of hydrogen-bond donors (Lipinski definition) is 3. The van der Waals surface area contributed by atoms with Crippen LogP contribution >= 0.6 is 0 Å². The van der Waals surface area contributed by atoms with E-state index in [4.69, 9.17) is 14.9 Å². The van der Waals surface area contributed by atoms with E-state index in [1.165, 1.54) is 0 Å². The molecule has 0 bridgehead atoms. The summed E-state index contributed by atoms with van der Waals surface area (Å²) in [6.07, 6.45) is 0. The van der Waals surface area contributed by atoms with Gasteiger partial charge in [-0.2, -0.15) is 0 Å². The van der Waals surface area contributed by atoms with Crippen LogP contribution < -0.4 is 4.74 Å². The van der Waals surface area contributed by atoms with Crippen molar-refractivity contribution in [1.82, 2.24) is 0 Å². The standard InChI is InChI=1S/C16H18O4/c1-16(2,11-3-7-13(17)8-4-11)12-5-9-14(10-6-12)20-15(18)19/h3-10,15,17-19H,1-2H3. The van der Waals surface area contributed by atoms with Gasteiger partial charge in [-0.15, -0.1) is 0 Å². The molecule has 0 spiro atoms. The number of rotatable bonds is 4. The topological polar surface area (TPSA) is 69.9 Å². The molecule has 20 heavy (non-hydrogen) atoms. The molecular formula is C16H18O4. The maximum Gasteiger partial charge on any atom is 0.310 e. The Hall–Kier alpha value is -2.04. The van der Waals surface area contributed by atoms with Crippen molar-refractivity contribution in [2.75, 3.05) is 0 Å². The van der Waals surface area contributed by atoms with Gasteiger partial charge in [0, 0.05) is 5.41 Å². The zero-order valence-corrected chi connectivity index (χ0v) is 11.4. The second-order valence-corrected chi connectivity index (χ2v) is 5.14. The Morgan fingerprint density at radius 2 is 1.30 bits per heavy atom. The van der Waals surface area contributed by atoms with Gasteiger partial charge in [0.1, 0.15) is 11.5 Å². The monoisotopic (exact) mass is 274 g/mol. The molecule has 0 aromatic heterocycles. The van der Waals surface area contributed by atoms with Gasteiger partial charge in [-0.05, 0) is 35.4 Å². The molecule has 2 aromatic rings. The first-order chi connectivity index (χ1) is 9.39. The summed E-state index contributed by atoms with van der Waals surface area (Å²) in [6.45, 7) is 2.35. The highest BCUT2D eigenvalue weighted by Gasteiger charge is 2.23. The third-order valence-electron chi connectivity index (χ3n) is 3.41. The minimum absolute atomic E-state index is 0.232. The van der Waals surface area contributed by atoms with Crippen LogP contribution in [0.3, 0.4) is 0 Å². The summed E-state index contributed by atoms with van der Waals surface area (Å²) < 4.78 is 4.78. The molecule has 0 unspecified atom stereocenters. The van der Waals surface area contributed by atoms with Crippen molar-refractivity contribution < 1.29 is 20.1 Å². The maximum absolute atomic E-state index is 9.35. The van der Waals surface area contributed by atoms with E-state index in [0.717, 1.165) is 11.1 Å². The van der Waals surface area contributed by atoms with Crippen LogP contribution in [0.2, 0.25) is 0 Å². The van der Waals surface area contributed by atoms with Gasteiger partial charge in [0.05, 0.1) is 0 Å². The van der Waals surface area contributed by atoms with Crippen LogP contribution in [-0.4, -0.2) is 21.8 Å². The highest BCUT2D eigenvalue weighted by Crippen LogP contribution is 2.33. The third-order valence-corrected chi connectivity index (χ3v) is 3.41. The van der Waals surface area contributed by atoms with Crippen molar-refractivity contribution in [2.24, 2.45) is 0 Å². The van der Waals surface area contributed by atoms with Crippen molar-refractivity contribution in [2.45, 2.75) is 25.7 Å². The average molecular weight is 274 g/mol. The lowest BCUT2D eigenvalue weighted by atomic mass is 9.78. The first kappa shape index (κ1) is 14.4. The smallest absolute Gasteiger partial charge is 0.310 e. The first-order valence-electron chi connectivity index (χ1n) is 6.32. The summed E-state index contributed by atoms with van der Waals surface area (Å²) in [5.41, 5.74) is 1.90. The molecule has 0 radical (unpaired) electrons. The molecule has 3 N–H and O–H groups in total. The van der Waals surface area contributed by atoms with Crippen LogP contribution in [0, 0.1) is 0 Å². The summed E-state index contributed by atoms with van der Waals surface area (Å²) in [5, 5.41) is 26.8. The largest absolute Gasteiger partial charge is 0.508 e. The number of aliphatic hydroxyl groups is 2. The molecule has 2 aromatic carbocycles. The van der Waals surface area contributed by atoms with Crippen molar-refractivity contribution >= 4 is 0 Å². The summed E-state index contributed by atoms with van der Waals surface area (Å²) in [7, 11) is 0. The second kappa shape index (κ2) is 5.53. The van der Waals surface area contributed by atoms with Crippen LogP contribution in [0.25, 0.3) is 0 Å². The SMILES string of the molecule is CC(C)(c1ccc(O)cc1)c1ccc(OC(O)O)cc1. The Balaban J connectivity index is 2.27. The van der Waals surface area contributed by atoms with Crippen LogP contribution in [0.15, 0.2) is 48.5 Å². The molecule has 0 amide bonds. The van der Waals surface area contributed by atoms with Crippen LogP contribution in [-0.2, 0) is 5.41 Å². The lowest BCUT2D eigenvalue weighted by molar-refractivity contribution is -0.179. The predicted molar refractivity (Wildman–Crippen MR) is 75.5 cm³/mol. The van der Waals surface area contributed by atoms with E-state index in [1.54, 1.807) is 24.3 Å². The van der Waals surface area contributed by atoms with Gasteiger partial charge in [-0.25, -0.2) is 0 Å². The quantitative estimate of drug-likeness (QED) is 0.749. The van der Waals surface area contributed by atoms with Crippen LogP contribution in [0.1, 0.15) is 25.0 Å². The van der Waals surface area contributed by atoms with Crippen molar-refractivity contribution in [3.8, 4) is 11.5 Å². The van der Waals surface area contributed by atoms with Gasteiger partial charge in [0.25, 0.3) is 0 Å². The van der Waals surface area contributed by atoms with E-state index < -0.39 is 6.48 Å². The van der Waals surface area contributed by atoms with Gasteiger partial charge >= 0.3 is 6.48 Å². The summed E-state index contributed by atoms with van der Waals surface area (Å²) in [4.78, 5) is 0. The Labute approximate surface area is 117 Å². The molecule has 0 aliphatic heterocycles. The van der Waals surface area contributed by atoms with Crippen LogP contribution in [0.4, 0.5) is 0 Å². The van der Waals surface area contributed by atoms with Gasteiger partial charge < -0.3 is 20.1 Å². The molecule has 0 fully saturated rings. The van der Waals surface area contributed by atoms with E-state index in [1.807, 2.05) is 24.3 Å². The minimum Gasteiger partial charge on any atom is -0.508 e. The zero-order valence-electron chi connectivity index (χ0n) is 11.4. The molecule has 4 heteroatoms. The highest BCUT2D eigenvalue weighted by molar-refractivity contribution is 5.41. The fourth-order valence-corrected chi connectivity index (χ4v) is 2.12. The number of phenolic OH excluding ortho intramolecular Hbond substituents is 1. The molecule has 0 atom stereocenters. The van der Waals surface area contributed by atoms with Gasteiger partial charge in [0.2, 0.25) is 0 Å². The number of phenols is 1. The number of hydrogen-bond acceptors (Lipinski definition) is 4. The molecular weight excluding hydrogens is 256 g/mol. The second-order valence-electron chi connectivity index (χ2n) is 5.14. The molecule has 2 rings (SSSR count). The predicted octanol–water partition coefficient (Wildman–Crippen LogP) is 2.37. The zero-order chi connectivity index (χ0) is 14.8. The van der Waals surface area contributed by atoms with Crippen molar-refractivity contribution in [1.29, 1.82) is 0 Å². The number of aliphatic hydroxyl groups excluding tert-OH is 1. The van der Waals surface area contributed by atoms with E-state index in [2.05, 4.69) is 13.8 Å². The molecule has 0 aliphatic rings. The Kier molecular flexibility index (Phi) is 3.97. The molecule has 0 aliphatic carbocycles. The summed E-state index contributed by atoms with van der Waals surface area (Å²) >= 11 is 0. The molecule has 106 valence electrons. The fourth-order valence-electron chi connectivity index (χ4n) is 2.12. The van der Waals surface area contributed by atoms with E-state index in [9.17, 15) is 5.11 Å². The highest BCUT2D eigenvalue weighted by atomic mass is 16.7.